The first-order valence-electron chi connectivity index (χ1n) is 9.25. The Kier molecular flexibility index (Phi) is 5.46. The summed E-state index contributed by atoms with van der Waals surface area (Å²) >= 11 is 0. The van der Waals surface area contributed by atoms with Crippen LogP contribution in [0.15, 0.2) is 33.7 Å². The van der Waals surface area contributed by atoms with E-state index in [4.69, 9.17) is 9.26 Å². The first-order valence-corrected chi connectivity index (χ1v) is 10.9. The monoisotopic (exact) mass is 411 g/mol. The number of aliphatic hydroxyl groups is 1. The van der Waals surface area contributed by atoms with Crippen LogP contribution in [0, 0.1) is 5.82 Å². The van der Waals surface area contributed by atoms with Crippen molar-refractivity contribution in [3.63, 3.8) is 0 Å². The number of aromatic nitrogens is 2. The van der Waals surface area contributed by atoms with Gasteiger partial charge < -0.3 is 14.4 Å². The number of aliphatic hydroxyl groups excluding tert-OH is 1. The van der Waals surface area contributed by atoms with Gasteiger partial charge in [-0.1, -0.05) is 5.16 Å². The topological polar surface area (TPSA) is 106 Å². The number of hydrogen-bond donors (Lipinski definition) is 1. The normalized spacial score (nSPS) is 24.6. The number of sulfone groups is 1. The number of nitrogens with zero attached hydrogens (tertiary/aromatic N) is 3. The van der Waals surface area contributed by atoms with E-state index >= 15 is 0 Å². The largest absolute Gasteiger partial charge is 0.392 e. The smallest absolute Gasteiger partial charge is 0.244 e. The highest BCUT2D eigenvalue weighted by Gasteiger charge is 2.40. The molecule has 1 aromatic heterocycles. The maximum atomic E-state index is 13.0. The Balaban J connectivity index is 1.51. The molecule has 0 spiro atoms. The highest BCUT2D eigenvalue weighted by Crippen LogP contribution is 2.35. The molecule has 2 aromatic rings. The second kappa shape index (κ2) is 7.86. The molecule has 1 aromatic carbocycles. The molecule has 0 unspecified atom stereocenters. The minimum absolute atomic E-state index is 0.000343. The Bertz CT molecular complexity index is 912. The molecular formula is C18H22FN3O5S. The predicted octanol–water partition coefficient (Wildman–Crippen LogP) is 1.47. The molecule has 0 aliphatic carbocycles. The van der Waals surface area contributed by atoms with Gasteiger partial charge in [0.05, 0.1) is 17.0 Å². The minimum atomic E-state index is -3.72. The first kappa shape index (κ1) is 19.4. The Hall–Kier alpha value is -1.88. The number of β-amino-alcohol motifs (C(OH)–C–C–N with tert-alkyl or cyclic N) is 1. The third-order valence-corrected chi connectivity index (χ3v) is 6.87. The lowest BCUT2D eigenvalue weighted by Gasteiger charge is -2.33. The van der Waals surface area contributed by atoms with Gasteiger partial charge >= 0.3 is 0 Å². The Morgan fingerprint density at radius 3 is 2.64 bits per heavy atom. The van der Waals surface area contributed by atoms with E-state index in [9.17, 15) is 17.9 Å². The lowest BCUT2D eigenvalue weighted by atomic mass is 10.1. The highest BCUT2D eigenvalue weighted by molar-refractivity contribution is 7.90. The van der Waals surface area contributed by atoms with Gasteiger partial charge in [-0.25, -0.2) is 12.8 Å². The average Bonchev–Trinajstić information content (AvgIpc) is 3.29. The molecule has 0 radical (unpaired) electrons. The summed E-state index contributed by atoms with van der Waals surface area (Å²) in [6.07, 6.45) is 1.70. The van der Waals surface area contributed by atoms with Crippen molar-refractivity contribution >= 4 is 9.84 Å². The van der Waals surface area contributed by atoms with Crippen LogP contribution in [0.4, 0.5) is 4.39 Å². The van der Waals surface area contributed by atoms with Crippen LogP contribution in [-0.4, -0.2) is 60.5 Å². The summed E-state index contributed by atoms with van der Waals surface area (Å²) in [6, 6.07) is 4.64. The van der Waals surface area contributed by atoms with E-state index in [1.807, 2.05) is 0 Å². The number of halogens is 1. The molecule has 1 N–H and O–H groups in total. The third kappa shape index (κ3) is 4.09. The van der Waals surface area contributed by atoms with Gasteiger partial charge in [0.1, 0.15) is 11.6 Å². The second-order valence-electron chi connectivity index (χ2n) is 7.21. The number of benzene rings is 1. The van der Waals surface area contributed by atoms with Crippen molar-refractivity contribution < 1.29 is 27.2 Å². The molecule has 2 aliphatic rings. The van der Waals surface area contributed by atoms with Crippen molar-refractivity contribution in [1.29, 1.82) is 0 Å². The molecule has 3 heterocycles. The van der Waals surface area contributed by atoms with Crippen LogP contribution in [0.5, 0.6) is 0 Å². The fourth-order valence-electron chi connectivity index (χ4n) is 3.86. The number of likely N-dealkylation sites (tertiary alicyclic amines) is 1. The summed E-state index contributed by atoms with van der Waals surface area (Å²) in [7, 11) is -3.72. The lowest BCUT2D eigenvalue weighted by molar-refractivity contribution is 0.0214. The lowest BCUT2D eigenvalue weighted by Crippen LogP contribution is -2.39. The van der Waals surface area contributed by atoms with E-state index < -0.39 is 27.5 Å². The molecule has 0 bridgehead atoms. The van der Waals surface area contributed by atoms with Crippen molar-refractivity contribution in [2.75, 3.05) is 19.8 Å². The molecule has 4 rings (SSSR count). The molecule has 0 saturated carbocycles. The predicted molar refractivity (Wildman–Crippen MR) is 95.5 cm³/mol. The van der Waals surface area contributed by atoms with Crippen LogP contribution in [0.3, 0.4) is 0 Å². The van der Waals surface area contributed by atoms with Gasteiger partial charge in [0.15, 0.2) is 15.7 Å². The Morgan fingerprint density at radius 2 is 1.93 bits per heavy atom. The summed E-state index contributed by atoms with van der Waals surface area (Å²) in [5.74, 6) is -0.580. The average molecular weight is 411 g/mol. The van der Waals surface area contributed by atoms with Crippen molar-refractivity contribution in [3.05, 3.63) is 41.8 Å². The molecule has 2 fully saturated rings. The van der Waals surface area contributed by atoms with E-state index in [0.29, 0.717) is 32.1 Å². The molecule has 152 valence electrons. The zero-order valence-corrected chi connectivity index (χ0v) is 16.0. The molecule has 8 nitrogen and oxygen atoms in total. The minimum Gasteiger partial charge on any atom is -0.392 e. The summed E-state index contributed by atoms with van der Waals surface area (Å²) in [4.78, 5) is 6.44. The molecule has 0 amide bonds. The van der Waals surface area contributed by atoms with Gasteiger partial charge in [-0.15, -0.1) is 0 Å². The zero-order chi connectivity index (χ0) is 19.7. The van der Waals surface area contributed by atoms with E-state index in [2.05, 4.69) is 15.0 Å². The molecule has 2 saturated heterocycles. The molecular weight excluding hydrogens is 389 g/mol. The molecule has 28 heavy (non-hydrogen) atoms. The van der Waals surface area contributed by atoms with Gasteiger partial charge in [0.25, 0.3) is 0 Å². The summed E-state index contributed by atoms with van der Waals surface area (Å²) < 4.78 is 48.8. The number of rotatable bonds is 5. The summed E-state index contributed by atoms with van der Waals surface area (Å²) in [6.45, 7) is 1.87. The molecule has 2 atom stereocenters. The first-order chi connectivity index (χ1) is 13.4. The van der Waals surface area contributed by atoms with E-state index in [1.165, 1.54) is 12.1 Å². The second-order valence-corrected chi connectivity index (χ2v) is 9.20. The number of hydrogen-bond acceptors (Lipinski definition) is 8. The van der Waals surface area contributed by atoms with Gasteiger partial charge in [0.2, 0.25) is 5.89 Å². The van der Waals surface area contributed by atoms with Gasteiger partial charge in [-0.2, -0.15) is 4.98 Å². The standard InChI is InChI=1S/C18H22FN3O5S/c19-12-1-3-15(4-2-12)28(24,25)11-17-20-18(27-21-17)16-9-14(23)10-22(16)13-5-7-26-8-6-13/h1-4,13-14,16,23H,5-11H2/t14-,16+/m1/s1. The van der Waals surface area contributed by atoms with Gasteiger partial charge in [-0.3, -0.25) is 4.90 Å². The fraction of sp³-hybridized carbons (Fsp3) is 0.556. The maximum Gasteiger partial charge on any atom is 0.244 e. The van der Waals surface area contributed by atoms with Gasteiger partial charge in [0, 0.05) is 25.8 Å². The molecule has 2 aliphatic heterocycles. The third-order valence-electron chi connectivity index (χ3n) is 5.24. The van der Waals surface area contributed by atoms with Crippen LogP contribution in [-0.2, 0) is 20.3 Å². The maximum absolute atomic E-state index is 13.0. The van der Waals surface area contributed by atoms with Crippen molar-refractivity contribution in [2.24, 2.45) is 0 Å². The SMILES string of the molecule is O=S(=O)(Cc1noc([C@@H]2C[C@@H](O)CN2C2CCOCC2)n1)c1ccc(F)cc1. The Labute approximate surface area is 162 Å². The van der Waals surface area contributed by atoms with Crippen molar-refractivity contribution in [2.45, 2.75) is 48.1 Å². The quantitative estimate of drug-likeness (QED) is 0.738. The number of ether oxygens (including phenoxy) is 1. The van der Waals surface area contributed by atoms with Gasteiger partial charge in [-0.05, 0) is 43.5 Å². The van der Waals surface area contributed by atoms with E-state index in [0.717, 1.165) is 25.0 Å². The van der Waals surface area contributed by atoms with Crippen LogP contribution >= 0.6 is 0 Å². The van der Waals surface area contributed by atoms with Crippen LogP contribution in [0.2, 0.25) is 0 Å². The van der Waals surface area contributed by atoms with Crippen molar-refractivity contribution in [1.82, 2.24) is 15.0 Å². The van der Waals surface area contributed by atoms with Crippen LogP contribution in [0.25, 0.3) is 0 Å². The molecule has 10 heteroatoms. The highest BCUT2D eigenvalue weighted by atomic mass is 32.2. The van der Waals surface area contributed by atoms with E-state index in [-0.39, 0.29) is 22.8 Å². The summed E-state index contributed by atoms with van der Waals surface area (Å²) in [5, 5.41) is 14.0. The van der Waals surface area contributed by atoms with Crippen LogP contribution in [0.1, 0.15) is 37.0 Å². The van der Waals surface area contributed by atoms with Crippen molar-refractivity contribution in [3.8, 4) is 0 Å². The van der Waals surface area contributed by atoms with E-state index in [1.54, 1.807) is 0 Å². The summed E-state index contributed by atoms with van der Waals surface area (Å²) in [5.41, 5.74) is 0. The fourth-order valence-corrected chi connectivity index (χ4v) is 5.03. The Morgan fingerprint density at radius 1 is 1.21 bits per heavy atom. The zero-order valence-electron chi connectivity index (χ0n) is 15.2. The van der Waals surface area contributed by atoms with Crippen LogP contribution < -0.4 is 0 Å².